The summed E-state index contributed by atoms with van der Waals surface area (Å²) in [5, 5.41) is 11.7. The Balaban J connectivity index is 2.77. The first-order valence-electron chi connectivity index (χ1n) is 5.86. The van der Waals surface area contributed by atoms with Crippen molar-refractivity contribution in [1.29, 1.82) is 0 Å². The molecule has 0 saturated heterocycles. The van der Waals surface area contributed by atoms with Crippen LogP contribution in [0.3, 0.4) is 0 Å². The predicted octanol–water partition coefficient (Wildman–Crippen LogP) is 0.704. The van der Waals surface area contributed by atoms with Gasteiger partial charge in [-0.1, -0.05) is 6.07 Å². The van der Waals surface area contributed by atoms with Crippen molar-refractivity contribution in [3.63, 3.8) is 0 Å². The highest BCUT2D eigenvalue weighted by Gasteiger charge is 2.15. The number of nitrogen functional groups attached to an aromatic ring is 1. The molecule has 0 aromatic heterocycles. The SMILES string of the molecule is COCC(CCO)NC(=O)c1cccc(N)c1C. The van der Waals surface area contributed by atoms with Crippen LogP contribution in [0.4, 0.5) is 5.69 Å². The molecule has 0 bridgehead atoms. The van der Waals surface area contributed by atoms with Crippen LogP contribution in [0, 0.1) is 6.92 Å². The summed E-state index contributed by atoms with van der Waals surface area (Å²) in [6.45, 7) is 2.18. The second kappa shape index (κ2) is 6.98. The Morgan fingerprint density at radius 3 is 2.89 bits per heavy atom. The van der Waals surface area contributed by atoms with Crippen LogP contribution in [-0.2, 0) is 4.74 Å². The number of nitrogens with one attached hydrogen (secondary N) is 1. The lowest BCUT2D eigenvalue weighted by Crippen LogP contribution is -2.39. The average Bonchev–Trinajstić information content (AvgIpc) is 2.33. The third-order valence-corrected chi connectivity index (χ3v) is 2.80. The minimum absolute atomic E-state index is 0.00418. The lowest BCUT2D eigenvalue weighted by Gasteiger charge is -2.17. The average molecular weight is 252 g/mol. The van der Waals surface area contributed by atoms with E-state index in [0.29, 0.717) is 24.3 Å². The second-order valence-corrected chi connectivity index (χ2v) is 4.16. The number of anilines is 1. The van der Waals surface area contributed by atoms with Gasteiger partial charge in [-0.15, -0.1) is 0 Å². The Morgan fingerprint density at radius 1 is 1.56 bits per heavy atom. The van der Waals surface area contributed by atoms with Crippen LogP contribution in [0.1, 0.15) is 22.3 Å². The fourth-order valence-corrected chi connectivity index (χ4v) is 1.72. The quantitative estimate of drug-likeness (QED) is 0.651. The molecular weight excluding hydrogens is 232 g/mol. The van der Waals surface area contributed by atoms with E-state index in [0.717, 1.165) is 5.56 Å². The molecule has 1 unspecified atom stereocenters. The number of rotatable bonds is 6. The van der Waals surface area contributed by atoms with Crippen molar-refractivity contribution >= 4 is 11.6 Å². The monoisotopic (exact) mass is 252 g/mol. The zero-order valence-electron chi connectivity index (χ0n) is 10.8. The number of carbonyl (C=O) groups excluding carboxylic acids is 1. The van der Waals surface area contributed by atoms with Crippen LogP contribution >= 0.6 is 0 Å². The molecular formula is C13H20N2O3. The standard InChI is InChI=1S/C13H20N2O3/c1-9-11(4-3-5-12(9)14)13(17)15-10(6-7-16)8-18-2/h3-5,10,16H,6-8,14H2,1-2H3,(H,15,17). The summed E-state index contributed by atoms with van der Waals surface area (Å²) in [5.41, 5.74) is 7.66. The Bertz CT molecular complexity index is 401. The molecule has 0 heterocycles. The van der Waals surface area contributed by atoms with Gasteiger partial charge in [-0.2, -0.15) is 0 Å². The van der Waals surface area contributed by atoms with Gasteiger partial charge in [0.2, 0.25) is 0 Å². The van der Waals surface area contributed by atoms with Crippen LogP contribution in [-0.4, -0.2) is 37.4 Å². The van der Waals surface area contributed by atoms with Crippen molar-refractivity contribution in [1.82, 2.24) is 5.32 Å². The zero-order chi connectivity index (χ0) is 13.5. The maximum atomic E-state index is 12.1. The molecule has 0 aliphatic rings. The van der Waals surface area contributed by atoms with Crippen LogP contribution < -0.4 is 11.1 Å². The van der Waals surface area contributed by atoms with Gasteiger partial charge in [0.1, 0.15) is 0 Å². The molecule has 1 rings (SSSR count). The fourth-order valence-electron chi connectivity index (χ4n) is 1.72. The first-order valence-corrected chi connectivity index (χ1v) is 5.86. The number of aliphatic hydroxyl groups is 1. The van der Waals surface area contributed by atoms with E-state index in [1.165, 1.54) is 0 Å². The summed E-state index contributed by atoms with van der Waals surface area (Å²) < 4.78 is 5.00. The van der Waals surface area contributed by atoms with Crippen LogP contribution in [0.25, 0.3) is 0 Å². The second-order valence-electron chi connectivity index (χ2n) is 4.16. The smallest absolute Gasteiger partial charge is 0.251 e. The largest absolute Gasteiger partial charge is 0.398 e. The van der Waals surface area contributed by atoms with E-state index in [1.54, 1.807) is 25.3 Å². The van der Waals surface area contributed by atoms with Gasteiger partial charge in [0.25, 0.3) is 5.91 Å². The first-order chi connectivity index (χ1) is 8.60. The third kappa shape index (κ3) is 3.72. The molecule has 1 atom stereocenters. The predicted molar refractivity (Wildman–Crippen MR) is 70.4 cm³/mol. The van der Waals surface area contributed by atoms with Gasteiger partial charge in [0.05, 0.1) is 12.6 Å². The lowest BCUT2D eigenvalue weighted by molar-refractivity contribution is 0.0878. The molecule has 0 radical (unpaired) electrons. The molecule has 5 nitrogen and oxygen atoms in total. The lowest BCUT2D eigenvalue weighted by atomic mass is 10.1. The molecule has 0 saturated carbocycles. The number of ether oxygens (including phenoxy) is 1. The van der Waals surface area contributed by atoms with Gasteiger partial charge in [0.15, 0.2) is 0 Å². The van der Waals surface area contributed by atoms with Gasteiger partial charge in [-0.05, 0) is 31.0 Å². The number of aliphatic hydroxyl groups excluding tert-OH is 1. The molecule has 5 heteroatoms. The molecule has 1 amide bonds. The van der Waals surface area contributed by atoms with Crippen LogP contribution in [0.2, 0.25) is 0 Å². The van der Waals surface area contributed by atoms with E-state index in [1.807, 2.05) is 6.92 Å². The number of carbonyl (C=O) groups is 1. The van der Waals surface area contributed by atoms with Crippen LogP contribution in [0.15, 0.2) is 18.2 Å². The summed E-state index contributed by atoms with van der Waals surface area (Å²) in [6, 6.07) is 5.03. The van der Waals surface area contributed by atoms with Crippen molar-refractivity contribution in [2.24, 2.45) is 0 Å². The topological polar surface area (TPSA) is 84.6 Å². The number of hydrogen-bond donors (Lipinski definition) is 3. The number of amides is 1. The normalized spacial score (nSPS) is 12.2. The summed E-state index contributed by atoms with van der Waals surface area (Å²) in [6.07, 6.45) is 0.459. The molecule has 1 aromatic rings. The summed E-state index contributed by atoms with van der Waals surface area (Å²) in [4.78, 5) is 12.1. The number of methoxy groups -OCH3 is 1. The summed E-state index contributed by atoms with van der Waals surface area (Å²) in [7, 11) is 1.56. The number of nitrogens with two attached hydrogens (primary N) is 1. The molecule has 0 spiro atoms. The molecule has 0 aliphatic heterocycles. The highest BCUT2D eigenvalue weighted by atomic mass is 16.5. The van der Waals surface area contributed by atoms with E-state index in [-0.39, 0.29) is 18.6 Å². The van der Waals surface area contributed by atoms with Crippen molar-refractivity contribution in [3.05, 3.63) is 29.3 Å². The van der Waals surface area contributed by atoms with Crippen molar-refractivity contribution in [2.45, 2.75) is 19.4 Å². The molecule has 1 aromatic carbocycles. The maximum absolute atomic E-state index is 12.1. The zero-order valence-corrected chi connectivity index (χ0v) is 10.8. The van der Waals surface area contributed by atoms with E-state index in [2.05, 4.69) is 5.32 Å². The Hall–Kier alpha value is -1.59. The van der Waals surface area contributed by atoms with E-state index in [4.69, 9.17) is 15.6 Å². The molecule has 100 valence electrons. The van der Waals surface area contributed by atoms with Crippen molar-refractivity contribution in [2.75, 3.05) is 26.1 Å². The Morgan fingerprint density at radius 2 is 2.28 bits per heavy atom. The van der Waals surface area contributed by atoms with Gasteiger partial charge < -0.3 is 20.9 Å². The molecule has 4 N–H and O–H groups in total. The number of hydrogen-bond acceptors (Lipinski definition) is 4. The van der Waals surface area contributed by atoms with E-state index < -0.39 is 0 Å². The minimum atomic E-state index is -0.201. The fraction of sp³-hybridized carbons (Fsp3) is 0.462. The van der Waals surface area contributed by atoms with Crippen molar-refractivity contribution < 1.29 is 14.6 Å². The molecule has 0 aliphatic carbocycles. The molecule has 18 heavy (non-hydrogen) atoms. The highest BCUT2D eigenvalue weighted by molar-refractivity contribution is 5.97. The minimum Gasteiger partial charge on any atom is -0.398 e. The van der Waals surface area contributed by atoms with Crippen molar-refractivity contribution in [3.8, 4) is 0 Å². The number of benzene rings is 1. The van der Waals surface area contributed by atoms with E-state index in [9.17, 15) is 4.79 Å². The first kappa shape index (κ1) is 14.5. The highest BCUT2D eigenvalue weighted by Crippen LogP contribution is 2.15. The third-order valence-electron chi connectivity index (χ3n) is 2.80. The Labute approximate surface area is 107 Å². The van der Waals surface area contributed by atoms with Gasteiger partial charge in [-0.3, -0.25) is 4.79 Å². The van der Waals surface area contributed by atoms with Gasteiger partial charge in [-0.25, -0.2) is 0 Å². The summed E-state index contributed by atoms with van der Waals surface area (Å²) >= 11 is 0. The maximum Gasteiger partial charge on any atom is 0.251 e. The summed E-state index contributed by atoms with van der Waals surface area (Å²) in [5.74, 6) is -0.199. The molecule has 0 fully saturated rings. The Kier molecular flexibility index (Phi) is 5.61. The van der Waals surface area contributed by atoms with Gasteiger partial charge >= 0.3 is 0 Å². The van der Waals surface area contributed by atoms with Crippen LogP contribution in [0.5, 0.6) is 0 Å². The van der Waals surface area contributed by atoms with Gasteiger partial charge in [0, 0.05) is 25.0 Å². The van der Waals surface area contributed by atoms with E-state index >= 15 is 0 Å².